The molecule has 0 amide bonds. The first-order valence-electron chi connectivity index (χ1n) is 6.92. The van der Waals surface area contributed by atoms with Gasteiger partial charge in [0.15, 0.2) is 0 Å². The van der Waals surface area contributed by atoms with Crippen molar-refractivity contribution in [2.24, 2.45) is 11.5 Å². The minimum absolute atomic E-state index is 0.792. The maximum absolute atomic E-state index is 5.40. The summed E-state index contributed by atoms with van der Waals surface area (Å²) in [6, 6.07) is 0. The van der Waals surface area contributed by atoms with Gasteiger partial charge in [0.25, 0.3) is 0 Å². The summed E-state index contributed by atoms with van der Waals surface area (Å²) in [5.41, 5.74) is 10.8. The Hall–Kier alpha value is -0.200. The van der Waals surface area contributed by atoms with Crippen LogP contribution in [0, 0.1) is 0 Å². The molecule has 0 aromatic heterocycles. The Labute approximate surface area is 105 Å². The van der Waals surface area contributed by atoms with Crippen LogP contribution in [0.3, 0.4) is 0 Å². The van der Waals surface area contributed by atoms with Crippen molar-refractivity contribution in [1.82, 2.24) is 15.1 Å². The summed E-state index contributed by atoms with van der Waals surface area (Å²) >= 11 is 0. The molecule has 102 valence electrons. The van der Waals surface area contributed by atoms with Gasteiger partial charge in [-0.2, -0.15) is 0 Å². The van der Waals surface area contributed by atoms with Crippen molar-refractivity contribution < 1.29 is 0 Å². The lowest BCUT2D eigenvalue weighted by molar-refractivity contribution is 0.247. The van der Waals surface area contributed by atoms with Gasteiger partial charge in [-0.25, -0.2) is 0 Å². The zero-order valence-electron chi connectivity index (χ0n) is 11.0. The zero-order chi connectivity index (χ0) is 12.3. The third-order valence-corrected chi connectivity index (χ3v) is 3.30. The number of rotatable bonds is 4. The van der Waals surface area contributed by atoms with Crippen LogP contribution >= 0.6 is 0 Å². The molecule has 2 fully saturated rings. The molecule has 17 heavy (non-hydrogen) atoms. The second kappa shape index (κ2) is 9.79. The van der Waals surface area contributed by atoms with Gasteiger partial charge in [-0.05, 0) is 25.9 Å². The summed E-state index contributed by atoms with van der Waals surface area (Å²) in [7, 11) is 0. The fourth-order valence-corrected chi connectivity index (χ4v) is 2.31. The summed E-state index contributed by atoms with van der Waals surface area (Å²) in [5.74, 6) is 0. The third-order valence-electron chi connectivity index (χ3n) is 3.30. The third kappa shape index (κ3) is 6.95. The summed E-state index contributed by atoms with van der Waals surface area (Å²) in [4.78, 5) is 4.80. The molecule has 2 aliphatic rings. The minimum Gasteiger partial charge on any atom is -0.329 e. The maximum Gasteiger partial charge on any atom is 0.0108 e. The molecule has 5 nitrogen and oxygen atoms in total. The highest BCUT2D eigenvalue weighted by atomic mass is 15.2. The predicted octanol–water partition coefficient (Wildman–Crippen LogP) is -1.11. The van der Waals surface area contributed by atoms with Gasteiger partial charge in [0.1, 0.15) is 0 Å². The summed E-state index contributed by atoms with van der Waals surface area (Å²) in [6.45, 7) is 10.9. The number of nitrogens with zero attached hydrogens (tertiary/aromatic N) is 2. The SMILES string of the molecule is NCCN1CCCC1.NCCN1CCNCC1. The highest BCUT2D eigenvalue weighted by molar-refractivity contribution is 4.67. The van der Waals surface area contributed by atoms with Crippen molar-refractivity contribution in [3.63, 3.8) is 0 Å². The molecule has 5 heteroatoms. The van der Waals surface area contributed by atoms with Crippen molar-refractivity contribution in [2.45, 2.75) is 12.8 Å². The molecular weight excluding hydrogens is 214 g/mol. The predicted molar refractivity (Wildman–Crippen MR) is 73.1 cm³/mol. The Bertz CT molecular complexity index is 162. The number of nitrogens with one attached hydrogen (secondary N) is 1. The minimum atomic E-state index is 0.792. The van der Waals surface area contributed by atoms with E-state index in [0.29, 0.717) is 0 Å². The number of likely N-dealkylation sites (tertiary alicyclic amines) is 1. The lowest BCUT2D eigenvalue weighted by atomic mass is 10.3. The average Bonchev–Trinajstić information content (AvgIpc) is 2.85. The van der Waals surface area contributed by atoms with Gasteiger partial charge >= 0.3 is 0 Å². The van der Waals surface area contributed by atoms with Crippen LogP contribution in [0.15, 0.2) is 0 Å². The van der Waals surface area contributed by atoms with Gasteiger partial charge in [0.2, 0.25) is 0 Å². The molecule has 2 heterocycles. The summed E-state index contributed by atoms with van der Waals surface area (Å²) in [5, 5.41) is 3.29. The second-order valence-electron chi connectivity index (χ2n) is 4.72. The van der Waals surface area contributed by atoms with Crippen molar-refractivity contribution >= 4 is 0 Å². The quantitative estimate of drug-likeness (QED) is 0.584. The zero-order valence-corrected chi connectivity index (χ0v) is 11.0. The van der Waals surface area contributed by atoms with E-state index in [1.165, 1.54) is 25.9 Å². The fraction of sp³-hybridized carbons (Fsp3) is 1.00. The standard InChI is InChI=1S/C6H15N3.C6H14N2/c7-1-4-9-5-2-8-3-6-9;7-3-6-8-4-1-2-5-8/h8H,1-7H2;1-7H2. The monoisotopic (exact) mass is 243 g/mol. The van der Waals surface area contributed by atoms with Crippen LogP contribution in [0.1, 0.15) is 12.8 Å². The molecule has 0 unspecified atom stereocenters. The Kier molecular flexibility index (Phi) is 8.56. The van der Waals surface area contributed by atoms with Crippen LogP contribution in [0.4, 0.5) is 0 Å². The first-order valence-corrected chi connectivity index (χ1v) is 6.92. The Morgan fingerprint density at radius 3 is 1.71 bits per heavy atom. The number of nitrogens with two attached hydrogens (primary N) is 2. The van der Waals surface area contributed by atoms with Crippen molar-refractivity contribution in [3.05, 3.63) is 0 Å². The van der Waals surface area contributed by atoms with Gasteiger partial charge in [0.05, 0.1) is 0 Å². The number of hydrogen-bond acceptors (Lipinski definition) is 5. The normalized spacial score (nSPS) is 22.2. The molecule has 0 spiro atoms. The van der Waals surface area contributed by atoms with Gasteiger partial charge in [-0.3, -0.25) is 4.90 Å². The molecule has 2 aliphatic heterocycles. The molecule has 0 aromatic carbocycles. The molecule has 0 radical (unpaired) electrons. The molecule has 0 bridgehead atoms. The molecule has 0 saturated carbocycles. The van der Waals surface area contributed by atoms with Crippen LogP contribution in [-0.2, 0) is 0 Å². The summed E-state index contributed by atoms with van der Waals surface area (Å²) < 4.78 is 0. The van der Waals surface area contributed by atoms with Gasteiger partial charge in [-0.1, -0.05) is 0 Å². The van der Waals surface area contributed by atoms with E-state index < -0.39 is 0 Å². The van der Waals surface area contributed by atoms with Crippen molar-refractivity contribution in [3.8, 4) is 0 Å². The average molecular weight is 243 g/mol. The molecule has 0 aliphatic carbocycles. The molecular formula is C12H29N5. The lowest BCUT2D eigenvalue weighted by Crippen LogP contribution is -2.45. The van der Waals surface area contributed by atoms with E-state index in [9.17, 15) is 0 Å². The molecule has 5 N–H and O–H groups in total. The molecule has 0 atom stereocenters. The highest BCUT2D eigenvalue weighted by Gasteiger charge is 2.08. The number of hydrogen-bond donors (Lipinski definition) is 3. The van der Waals surface area contributed by atoms with Crippen LogP contribution in [0.25, 0.3) is 0 Å². The molecule has 2 rings (SSSR count). The van der Waals surface area contributed by atoms with E-state index >= 15 is 0 Å². The Balaban J connectivity index is 0.000000171. The lowest BCUT2D eigenvalue weighted by Gasteiger charge is -2.26. The topological polar surface area (TPSA) is 70.5 Å². The van der Waals surface area contributed by atoms with E-state index in [1.807, 2.05) is 0 Å². The van der Waals surface area contributed by atoms with E-state index in [1.54, 1.807) is 0 Å². The van der Waals surface area contributed by atoms with Gasteiger partial charge < -0.3 is 21.7 Å². The van der Waals surface area contributed by atoms with Crippen LogP contribution < -0.4 is 16.8 Å². The Morgan fingerprint density at radius 2 is 1.24 bits per heavy atom. The largest absolute Gasteiger partial charge is 0.329 e. The van der Waals surface area contributed by atoms with E-state index in [-0.39, 0.29) is 0 Å². The fourth-order valence-electron chi connectivity index (χ4n) is 2.31. The first kappa shape index (κ1) is 14.9. The van der Waals surface area contributed by atoms with E-state index in [0.717, 1.165) is 52.4 Å². The summed E-state index contributed by atoms with van der Waals surface area (Å²) in [6.07, 6.45) is 2.75. The highest BCUT2D eigenvalue weighted by Crippen LogP contribution is 2.04. The van der Waals surface area contributed by atoms with Crippen LogP contribution in [0.2, 0.25) is 0 Å². The van der Waals surface area contributed by atoms with Gasteiger partial charge in [-0.15, -0.1) is 0 Å². The Morgan fingerprint density at radius 1 is 0.765 bits per heavy atom. The first-order chi connectivity index (χ1) is 8.36. The molecule has 2 saturated heterocycles. The smallest absolute Gasteiger partial charge is 0.0108 e. The van der Waals surface area contributed by atoms with E-state index in [2.05, 4.69) is 15.1 Å². The van der Waals surface area contributed by atoms with Crippen molar-refractivity contribution in [1.29, 1.82) is 0 Å². The maximum atomic E-state index is 5.40. The number of piperazine rings is 1. The molecule has 0 aromatic rings. The second-order valence-corrected chi connectivity index (χ2v) is 4.72. The van der Waals surface area contributed by atoms with Crippen LogP contribution in [0.5, 0.6) is 0 Å². The van der Waals surface area contributed by atoms with Gasteiger partial charge in [0, 0.05) is 52.4 Å². The van der Waals surface area contributed by atoms with Crippen LogP contribution in [-0.4, -0.2) is 75.2 Å². The van der Waals surface area contributed by atoms with E-state index in [4.69, 9.17) is 11.5 Å². The van der Waals surface area contributed by atoms with Crippen molar-refractivity contribution in [2.75, 3.05) is 65.4 Å².